The van der Waals surface area contributed by atoms with Gasteiger partial charge in [-0.3, -0.25) is 9.59 Å². The van der Waals surface area contributed by atoms with Crippen molar-refractivity contribution in [1.29, 1.82) is 0 Å². The van der Waals surface area contributed by atoms with Crippen LogP contribution in [0.3, 0.4) is 0 Å². The lowest BCUT2D eigenvalue weighted by atomic mass is 10.0. The van der Waals surface area contributed by atoms with Gasteiger partial charge in [0.15, 0.2) is 0 Å². The van der Waals surface area contributed by atoms with Crippen LogP contribution in [-0.2, 0) is 11.0 Å². The molecule has 2 N–H and O–H groups in total. The Hall–Kier alpha value is -3.37. The van der Waals surface area contributed by atoms with E-state index in [-0.39, 0.29) is 11.3 Å². The van der Waals surface area contributed by atoms with Gasteiger partial charge in [0.05, 0.1) is 5.56 Å². The average molecular weight is 462 g/mol. The van der Waals surface area contributed by atoms with Crippen molar-refractivity contribution >= 4 is 23.1 Å². The van der Waals surface area contributed by atoms with Crippen molar-refractivity contribution in [3.63, 3.8) is 0 Å². The van der Waals surface area contributed by atoms with Gasteiger partial charge in [0, 0.05) is 22.9 Å². The maximum atomic E-state index is 14.1. The quantitative estimate of drug-likeness (QED) is 0.456. The molecule has 0 aliphatic rings. The highest BCUT2D eigenvalue weighted by Crippen LogP contribution is 2.30. The standard InChI is InChI=1S/C21H17F7N2O2/c1-11(13-3-5-15(6-4-13)21(26,27)28)7-18(31)30-17-9-14(8-16(22)12(17)2)19(32)29-10-20(23,24)25/h3-9H,10H2,1-2H3,(H,29,32)(H,30,31). The van der Waals surface area contributed by atoms with E-state index in [4.69, 9.17) is 0 Å². The minimum atomic E-state index is -4.66. The zero-order valence-electron chi connectivity index (χ0n) is 16.7. The van der Waals surface area contributed by atoms with Gasteiger partial charge in [-0.1, -0.05) is 12.1 Å². The fourth-order valence-electron chi connectivity index (χ4n) is 2.59. The van der Waals surface area contributed by atoms with Gasteiger partial charge >= 0.3 is 12.4 Å². The molecule has 0 aliphatic heterocycles. The van der Waals surface area contributed by atoms with Crippen LogP contribution in [0.25, 0.3) is 5.57 Å². The molecule has 2 aromatic rings. The summed E-state index contributed by atoms with van der Waals surface area (Å²) in [7, 11) is 0. The number of hydrogen-bond donors (Lipinski definition) is 2. The average Bonchev–Trinajstić information content (AvgIpc) is 2.68. The lowest BCUT2D eigenvalue weighted by Gasteiger charge is -2.12. The van der Waals surface area contributed by atoms with Gasteiger partial charge in [-0.25, -0.2) is 4.39 Å². The molecule has 0 aromatic heterocycles. The normalized spacial score (nSPS) is 12.5. The van der Waals surface area contributed by atoms with Crippen LogP contribution in [-0.4, -0.2) is 24.5 Å². The molecule has 11 heteroatoms. The maximum absolute atomic E-state index is 14.1. The van der Waals surface area contributed by atoms with E-state index in [2.05, 4.69) is 5.32 Å². The Morgan fingerprint density at radius 2 is 1.56 bits per heavy atom. The van der Waals surface area contributed by atoms with E-state index < -0.39 is 47.7 Å². The molecule has 0 atom stereocenters. The summed E-state index contributed by atoms with van der Waals surface area (Å²) in [6.45, 7) is 1.14. The number of carbonyl (C=O) groups excluding carboxylic acids is 2. The van der Waals surface area contributed by atoms with E-state index in [0.29, 0.717) is 11.1 Å². The maximum Gasteiger partial charge on any atom is 0.416 e. The predicted octanol–water partition coefficient (Wildman–Crippen LogP) is 5.49. The van der Waals surface area contributed by atoms with Gasteiger partial charge in [-0.15, -0.1) is 0 Å². The number of alkyl halides is 6. The first-order chi connectivity index (χ1) is 14.7. The molecule has 32 heavy (non-hydrogen) atoms. The van der Waals surface area contributed by atoms with Crippen LogP contribution in [0, 0.1) is 12.7 Å². The number of hydrogen-bond acceptors (Lipinski definition) is 2. The van der Waals surface area contributed by atoms with Crippen molar-refractivity contribution in [2.45, 2.75) is 26.2 Å². The molecule has 0 heterocycles. The van der Waals surface area contributed by atoms with Crippen molar-refractivity contribution in [3.05, 3.63) is 70.5 Å². The Balaban J connectivity index is 2.19. The fourth-order valence-corrected chi connectivity index (χ4v) is 2.59. The lowest BCUT2D eigenvalue weighted by molar-refractivity contribution is -0.137. The summed E-state index contributed by atoms with van der Waals surface area (Å²) in [6, 6.07) is 5.82. The third-order valence-corrected chi connectivity index (χ3v) is 4.33. The van der Waals surface area contributed by atoms with Crippen LogP contribution in [0.2, 0.25) is 0 Å². The summed E-state index contributed by atoms with van der Waals surface area (Å²) in [4.78, 5) is 24.2. The second-order valence-electron chi connectivity index (χ2n) is 6.82. The number of anilines is 1. The Labute approximate surface area is 178 Å². The summed E-state index contributed by atoms with van der Waals surface area (Å²) in [5.74, 6) is -2.89. The molecule has 0 fully saturated rings. The van der Waals surface area contributed by atoms with Gasteiger partial charge in [-0.2, -0.15) is 26.3 Å². The number of allylic oxidation sites excluding steroid dienone is 1. The van der Waals surface area contributed by atoms with Crippen LogP contribution < -0.4 is 10.6 Å². The molecule has 0 spiro atoms. The van der Waals surface area contributed by atoms with Gasteiger partial charge in [0.2, 0.25) is 5.91 Å². The highest BCUT2D eigenvalue weighted by Gasteiger charge is 2.30. The largest absolute Gasteiger partial charge is 0.416 e. The van der Waals surface area contributed by atoms with E-state index >= 15 is 0 Å². The molecule has 2 aromatic carbocycles. The third kappa shape index (κ3) is 6.82. The predicted molar refractivity (Wildman–Crippen MR) is 103 cm³/mol. The van der Waals surface area contributed by atoms with Crippen LogP contribution >= 0.6 is 0 Å². The number of nitrogens with one attached hydrogen (secondary N) is 2. The smallest absolute Gasteiger partial charge is 0.343 e. The first-order valence-corrected chi connectivity index (χ1v) is 8.99. The molecule has 0 unspecified atom stereocenters. The number of benzene rings is 2. The fraction of sp³-hybridized carbons (Fsp3) is 0.238. The molecule has 0 saturated heterocycles. The molecule has 2 rings (SSSR count). The topological polar surface area (TPSA) is 58.2 Å². The minimum Gasteiger partial charge on any atom is -0.343 e. The summed E-state index contributed by atoms with van der Waals surface area (Å²) in [5, 5.41) is 3.92. The Kier molecular flexibility index (Phi) is 7.32. The van der Waals surface area contributed by atoms with Crippen molar-refractivity contribution in [2.75, 3.05) is 11.9 Å². The second-order valence-corrected chi connectivity index (χ2v) is 6.82. The van der Waals surface area contributed by atoms with E-state index in [0.717, 1.165) is 30.3 Å². The molecule has 0 aliphatic carbocycles. The Morgan fingerprint density at radius 3 is 2.09 bits per heavy atom. The first kappa shape index (κ1) is 24.9. The van der Waals surface area contributed by atoms with Gasteiger partial charge in [0.25, 0.3) is 5.91 Å². The molecule has 0 bridgehead atoms. The molecule has 4 nitrogen and oxygen atoms in total. The SMILES string of the molecule is CC(=CC(=O)Nc1cc(C(=O)NCC(F)(F)F)cc(F)c1C)c1ccc(C(F)(F)F)cc1. The van der Waals surface area contributed by atoms with Crippen LogP contribution in [0.4, 0.5) is 36.4 Å². The number of rotatable bonds is 5. The van der Waals surface area contributed by atoms with Gasteiger partial charge in [-0.05, 0) is 49.2 Å². The highest BCUT2D eigenvalue weighted by molar-refractivity contribution is 6.05. The summed E-state index contributed by atoms with van der Waals surface area (Å²) in [5.41, 5.74) is -0.874. The third-order valence-electron chi connectivity index (χ3n) is 4.33. The van der Waals surface area contributed by atoms with Crippen molar-refractivity contribution in [3.8, 4) is 0 Å². The van der Waals surface area contributed by atoms with Gasteiger partial charge in [0.1, 0.15) is 12.4 Å². The van der Waals surface area contributed by atoms with Crippen molar-refractivity contribution in [2.24, 2.45) is 0 Å². The number of amides is 2. The minimum absolute atomic E-state index is 0.0636. The van der Waals surface area contributed by atoms with E-state index in [9.17, 15) is 40.3 Å². The molecule has 0 radical (unpaired) electrons. The molecule has 2 amide bonds. The molecule has 172 valence electrons. The summed E-state index contributed by atoms with van der Waals surface area (Å²) in [6.07, 6.45) is -8.11. The van der Waals surface area contributed by atoms with Crippen LogP contribution in [0.5, 0.6) is 0 Å². The first-order valence-electron chi connectivity index (χ1n) is 8.99. The molecular formula is C21H17F7N2O2. The number of carbonyl (C=O) groups is 2. The summed E-state index contributed by atoms with van der Waals surface area (Å²) >= 11 is 0. The molecule has 0 saturated carbocycles. The van der Waals surface area contributed by atoms with Crippen molar-refractivity contribution in [1.82, 2.24) is 5.32 Å². The van der Waals surface area contributed by atoms with E-state index in [1.54, 1.807) is 5.32 Å². The summed E-state index contributed by atoms with van der Waals surface area (Å²) < 4.78 is 88.8. The van der Waals surface area contributed by atoms with Crippen LogP contribution in [0.15, 0.2) is 42.5 Å². The second kappa shape index (κ2) is 9.41. The molecular weight excluding hydrogens is 445 g/mol. The van der Waals surface area contributed by atoms with Crippen molar-refractivity contribution < 1.29 is 40.3 Å². The van der Waals surface area contributed by atoms with E-state index in [1.807, 2.05) is 0 Å². The Bertz CT molecular complexity index is 1040. The zero-order chi connectivity index (χ0) is 24.3. The highest BCUT2D eigenvalue weighted by atomic mass is 19.4. The van der Waals surface area contributed by atoms with E-state index in [1.165, 1.54) is 26.0 Å². The number of halogens is 7. The van der Waals surface area contributed by atoms with Crippen LogP contribution in [0.1, 0.15) is 34.0 Å². The Morgan fingerprint density at radius 1 is 0.969 bits per heavy atom. The monoisotopic (exact) mass is 462 g/mol. The van der Waals surface area contributed by atoms with Gasteiger partial charge < -0.3 is 10.6 Å². The lowest BCUT2D eigenvalue weighted by Crippen LogP contribution is -2.33. The zero-order valence-corrected chi connectivity index (χ0v) is 16.7.